The van der Waals surface area contributed by atoms with Crippen LogP contribution in [-0.4, -0.2) is 13.1 Å². The Morgan fingerprint density at radius 1 is 1.10 bits per heavy atom. The van der Waals surface area contributed by atoms with Gasteiger partial charge >= 0.3 is 5.97 Å². The molecule has 3 rings (SSSR count). The zero-order valence-corrected chi connectivity index (χ0v) is 11.3. The van der Waals surface area contributed by atoms with Crippen LogP contribution in [-0.2, 0) is 11.2 Å². The lowest BCUT2D eigenvalue weighted by Crippen LogP contribution is -2.10. The van der Waals surface area contributed by atoms with Crippen molar-refractivity contribution in [2.45, 2.75) is 18.8 Å². The quantitative estimate of drug-likeness (QED) is 0.619. The number of esters is 1. The van der Waals surface area contributed by atoms with Crippen LogP contribution in [0.5, 0.6) is 11.5 Å². The highest BCUT2D eigenvalue weighted by atomic mass is 16.5. The molecule has 0 spiro atoms. The van der Waals surface area contributed by atoms with Crippen LogP contribution in [0.3, 0.4) is 0 Å². The maximum absolute atomic E-state index is 11.9. The summed E-state index contributed by atoms with van der Waals surface area (Å²) in [6, 6.07) is 15.7. The Labute approximate surface area is 118 Å². The standard InChI is InChI=1S/C17H16O3/c1-19-15-7-8-16-14(10-15)9-13(11-17(18)20-16)12-5-3-2-4-6-12/h2-8,10,13H,9,11H2,1H3. The van der Waals surface area contributed by atoms with Gasteiger partial charge in [0, 0.05) is 0 Å². The number of carbonyl (C=O) groups is 1. The molecule has 20 heavy (non-hydrogen) atoms. The van der Waals surface area contributed by atoms with Crippen molar-refractivity contribution in [2.75, 3.05) is 7.11 Å². The Hall–Kier alpha value is -2.29. The van der Waals surface area contributed by atoms with Gasteiger partial charge < -0.3 is 9.47 Å². The molecule has 0 saturated heterocycles. The SMILES string of the molecule is COc1ccc2c(c1)CC(c1ccccc1)CC(=O)O2. The lowest BCUT2D eigenvalue weighted by molar-refractivity contribution is -0.134. The van der Waals surface area contributed by atoms with Crippen LogP contribution < -0.4 is 9.47 Å². The second kappa shape index (κ2) is 5.37. The third kappa shape index (κ3) is 2.52. The third-order valence-corrected chi connectivity index (χ3v) is 3.64. The maximum Gasteiger partial charge on any atom is 0.311 e. The number of hydrogen-bond acceptors (Lipinski definition) is 3. The Morgan fingerprint density at radius 3 is 2.65 bits per heavy atom. The smallest absolute Gasteiger partial charge is 0.311 e. The lowest BCUT2D eigenvalue weighted by Gasteiger charge is -2.13. The van der Waals surface area contributed by atoms with Gasteiger partial charge in [0.2, 0.25) is 0 Å². The first-order valence-electron chi connectivity index (χ1n) is 6.69. The van der Waals surface area contributed by atoms with Crippen LogP contribution >= 0.6 is 0 Å². The summed E-state index contributed by atoms with van der Waals surface area (Å²) in [5, 5.41) is 0. The number of hydrogen-bond donors (Lipinski definition) is 0. The lowest BCUT2D eigenvalue weighted by atomic mass is 9.90. The molecule has 3 heteroatoms. The Balaban J connectivity index is 1.98. The van der Waals surface area contributed by atoms with Crippen LogP contribution in [0.1, 0.15) is 23.5 Å². The summed E-state index contributed by atoms with van der Waals surface area (Å²) in [6.45, 7) is 0. The molecule has 0 N–H and O–H groups in total. The molecule has 1 unspecified atom stereocenters. The van der Waals surface area contributed by atoms with Crippen LogP contribution in [0.2, 0.25) is 0 Å². The molecular formula is C17H16O3. The predicted octanol–water partition coefficient (Wildman–Crippen LogP) is 3.33. The number of fused-ring (bicyclic) bond motifs is 1. The molecule has 0 saturated carbocycles. The monoisotopic (exact) mass is 268 g/mol. The molecule has 1 atom stereocenters. The summed E-state index contributed by atoms with van der Waals surface area (Å²) in [6.07, 6.45) is 1.18. The van der Waals surface area contributed by atoms with Gasteiger partial charge in [0.05, 0.1) is 13.5 Å². The first-order chi connectivity index (χ1) is 9.76. The fraction of sp³-hybridized carbons (Fsp3) is 0.235. The average molecular weight is 268 g/mol. The topological polar surface area (TPSA) is 35.5 Å². The van der Waals surface area contributed by atoms with Gasteiger partial charge in [-0.1, -0.05) is 30.3 Å². The molecule has 0 bridgehead atoms. The van der Waals surface area contributed by atoms with Crippen molar-refractivity contribution >= 4 is 5.97 Å². The molecule has 0 fully saturated rings. The highest BCUT2D eigenvalue weighted by molar-refractivity contribution is 5.75. The average Bonchev–Trinajstić information content (AvgIpc) is 2.65. The number of carbonyl (C=O) groups excluding carboxylic acids is 1. The van der Waals surface area contributed by atoms with E-state index in [1.54, 1.807) is 13.2 Å². The minimum absolute atomic E-state index is 0.150. The summed E-state index contributed by atoms with van der Waals surface area (Å²) < 4.78 is 10.7. The van der Waals surface area contributed by atoms with Crippen LogP contribution in [0, 0.1) is 0 Å². The van der Waals surface area contributed by atoms with Crippen molar-refractivity contribution < 1.29 is 14.3 Å². The molecule has 0 aromatic heterocycles. The number of rotatable bonds is 2. The van der Waals surface area contributed by atoms with Crippen LogP contribution in [0.4, 0.5) is 0 Å². The molecule has 0 aliphatic carbocycles. The minimum Gasteiger partial charge on any atom is -0.497 e. The summed E-state index contributed by atoms with van der Waals surface area (Å²) in [5.41, 5.74) is 2.18. The maximum atomic E-state index is 11.9. The van der Waals surface area contributed by atoms with Gasteiger partial charge in [-0.15, -0.1) is 0 Å². The van der Waals surface area contributed by atoms with E-state index in [0.29, 0.717) is 12.2 Å². The minimum atomic E-state index is -0.178. The van der Waals surface area contributed by atoms with E-state index in [2.05, 4.69) is 12.1 Å². The molecule has 3 nitrogen and oxygen atoms in total. The molecule has 1 aliphatic rings. The second-order valence-electron chi connectivity index (χ2n) is 4.96. The molecule has 0 amide bonds. The van der Waals surface area contributed by atoms with Gasteiger partial charge in [0.15, 0.2) is 0 Å². The van der Waals surface area contributed by atoms with Gasteiger partial charge in [-0.05, 0) is 41.7 Å². The second-order valence-corrected chi connectivity index (χ2v) is 4.96. The van der Waals surface area contributed by atoms with Crippen LogP contribution in [0.15, 0.2) is 48.5 Å². The number of methoxy groups -OCH3 is 1. The van der Waals surface area contributed by atoms with E-state index in [4.69, 9.17) is 9.47 Å². The third-order valence-electron chi connectivity index (χ3n) is 3.64. The van der Waals surface area contributed by atoms with E-state index in [9.17, 15) is 4.79 Å². The van der Waals surface area contributed by atoms with Gasteiger partial charge in [-0.2, -0.15) is 0 Å². The fourth-order valence-corrected chi connectivity index (χ4v) is 2.61. The van der Waals surface area contributed by atoms with E-state index in [-0.39, 0.29) is 11.9 Å². The van der Waals surface area contributed by atoms with E-state index in [1.807, 2.05) is 30.3 Å². The predicted molar refractivity (Wildman–Crippen MR) is 76.1 cm³/mol. The fourth-order valence-electron chi connectivity index (χ4n) is 2.61. The van der Waals surface area contributed by atoms with Gasteiger partial charge in [-0.25, -0.2) is 0 Å². The zero-order chi connectivity index (χ0) is 13.9. The Kier molecular flexibility index (Phi) is 3.42. The normalized spacial score (nSPS) is 17.9. The largest absolute Gasteiger partial charge is 0.497 e. The molecule has 0 radical (unpaired) electrons. The number of benzene rings is 2. The van der Waals surface area contributed by atoms with Gasteiger partial charge in [0.25, 0.3) is 0 Å². The highest BCUT2D eigenvalue weighted by Gasteiger charge is 2.24. The Bertz CT molecular complexity index is 619. The van der Waals surface area contributed by atoms with Crippen molar-refractivity contribution in [3.8, 4) is 11.5 Å². The highest BCUT2D eigenvalue weighted by Crippen LogP contribution is 2.34. The summed E-state index contributed by atoms with van der Waals surface area (Å²) in [7, 11) is 1.64. The van der Waals surface area contributed by atoms with Gasteiger partial charge in [0.1, 0.15) is 11.5 Å². The Morgan fingerprint density at radius 2 is 1.90 bits per heavy atom. The molecule has 1 aliphatic heterocycles. The van der Waals surface area contributed by atoms with Crippen LogP contribution in [0.25, 0.3) is 0 Å². The van der Waals surface area contributed by atoms with E-state index in [1.165, 1.54) is 5.56 Å². The molecule has 102 valence electrons. The summed E-state index contributed by atoms with van der Waals surface area (Å²) in [4.78, 5) is 11.9. The first kappa shape index (κ1) is 12.7. The van der Waals surface area contributed by atoms with E-state index >= 15 is 0 Å². The number of ether oxygens (including phenoxy) is 2. The molecule has 2 aromatic rings. The molecule has 1 heterocycles. The van der Waals surface area contributed by atoms with Crippen molar-refractivity contribution in [1.29, 1.82) is 0 Å². The first-order valence-corrected chi connectivity index (χ1v) is 6.69. The summed E-state index contributed by atoms with van der Waals surface area (Å²) in [5.74, 6) is 1.41. The van der Waals surface area contributed by atoms with Gasteiger partial charge in [-0.3, -0.25) is 4.79 Å². The van der Waals surface area contributed by atoms with Crippen molar-refractivity contribution in [2.24, 2.45) is 0 Å². The molecular weight excluding hydrogens is 252 g/mol. The van der Waals surface area contributed by atoms with Crippen molar-refractivity contribution in [3.63, 3.8) is 0 Å². The zero-order valence-electron chi connectivity index (χ0n) is 11.3. The summed E-state index contributed by atoms with van der Waals surface area (Å²) >= 11 is 0. The van der Waals surface area contributed by atoms with Crippen molar-refractivity contribution in [1.82, 2.24) is 0 Å². The van der Waals surface area contributed by atoms with E-state index in [0.717, 1.165) is 17.7 Å². The molecule has 2 aromatic carbocycles. The van der Waals surface area contributed by atoms with E-state index < -0.39 is 0 Å². The van der Waals surface area contributed by atoms with Crippen molar-refractivity contribution in [3.05, 3.63) is 59.7 Å².